The lowest BCUT2D eigenvalue weighted by atomic mass is 10.0. The van der Waals surface area contributed by atoms with Crippen LogP contribution in [-0.2, 0) is 13.1 Å². The van der Waals surface area contributed by atoms with Crippen molar-refractivity contribution in [3.05, 3.63) is 123 Å². The number of hydrogen-bond donors (Lipinski definition) is 1. The number of aryl methyl sites for hydroxylation is 1. The van der Waals surface area contributed by atoms with Crippen molar-refractivity contribution in [3.63, 3.8) is 0 Å². The molecule has 0 aliphatic carbocycles. The van der Waals surface area contributed by atoms with Gasteiger partial charge in [-0.15, -0.1) is 5.10 Å². The number of benzene rings is 3. The zero-order valence-corrected chi connectivity index (χ0v) is 21.8. The van der Waals surface area contributed by atoms with E-state index in [9.17, 15) is 9.18 Å². The van der Waals surface area contributed by atoms with Crippen molar-refractivity contribution >= 4 is 10.9 Å². The average Bonchev–Trinajstić information content (AvgIpc) is 3.39. The Balaban J connectivity index is 1.35. The molecule has 0 spiro atoms. The van der Waals surface area contributed by atoms with E-state index in [-0.39, 0.29) is 11.4 Å². The molecule has 0 bridgehead atoms. The largest absolute Gasteiger partial charge is 0.322 e. The number of hydrogen-bond acceptors (Lipinski definition) is 6. The summed E-state index contributed by atoms with van der Waals surface area (Å²) >= 11 is 0. The lowest BCUT2D eigenvalue weighted by Crippen LogP contribution is -2.48. The number of aromatic amines is 1. The van der Waals surface area contributed by atoms with Gasteiger partial charge in [-0.1, -0.05) is 54.1 Å². The Labute approximate surface area is 225 Å². The normalized spacial score (nSPS) is 15.5. The van der Waals surface area contributed by atoms with E-state index in [0.29, 0.717) is 17.9 Å². The molecule has 0 amide bonds. The minimum atomic E-state index is -0.437. The van der Waals surface area contributed by atoms with Crippen LogP contribution in [0.1, 0.15) is 34.1 Å². The Bertz CT molecular complexity index is 1620. The highest BCUT2D eigenvalue weighted by molar-refractivity contribution is 5.79. The minimum absolute atomic E-state index is 0.153. The quantitative estimate of drug-likeness (QED) is 0.348. The molecule has 1 aliphatic rings. The van der Waals surface area contributed by atoms with Gasteiger partial charge in [-0.2, -0.15) is 0 Å². The lowest BCUT2D eigenvalue weighted by Gasteiger charge is -2.38. The zero-order chi connectivity index (χ0) is 26.8. The SMILES string of the molecule is Cc1ccc2[nH]c(=O)c([C@H](c3nnnn3Cc3ccc(F)cc3)N3CCN(Cc4ccccc4)CC3)cc2c1. The number of rotatable bonds is 7. The number of pyridine rings is 1. The molecule has 5 aromatic rings. The molecular formula is C30H30FN7O. The molecule has 1 fully saturated rings. The number of tetrazole rings is 1. The molecule has 1 N–H and O–H groups in total. The summed E-state index contributed by atoms with van der Waals surface area (Å²) in [6.07, 6.45) is 0. The van der Waals surface area contributed by atoms with Crippen LogP contribution in [-0.4, -0.2) is 61.2 Å². The van der Waals surface area contributed by atoms with Gasteiger partial charge in [0.2, 0.25) is 0 Å². The maximum Gasteiger partial charge on any atom is 0.253 e. The van der Waals surface area contributed by atoms with Crippen molar-refractivity contribution in [2.45, 2.75) is 26.1 Å². The van der Waals surface area contributed by atoms with Crippen LogP contribution in [0.25, 0.3) is 10.9 Å². The Hall–Kier alpha value is -4.21. The maximum atomic E-state index is 13.5. The van der Waals surface area contributed by atoms with Crippen LogP contribution in [0, 0.1) is 12.7 Å². The van der Waals surface area contributed by atoms with E-state index in [2.05, 4.69) is 60.6 Å². The highest BCUT2D eigenvalue weighted by atomic mass is 19.1. The van der Waals surface area contributed by atoms with E-state index in [1.54, 1.807) is 16.8 Å². The van der Waals surface area contributed by atoms with Gasteiger partial charge in [0.05, 0.1) is 6.54 Å². The van der Waals surface area contributed by atoms with Gasteiger partial charge in [-0.25, -0.2) is 9.07 Å². The Morgan fingerprint density at radius 2 is 1.64 bits per heavy atom. The van der Waals surface area contributed by atoms with Crippen LogP contribution in [0.5, 0.6) is 0 Å². The number of piperazine rings is 1. The van der Waals surface area contributed by atoms with E-state index in [1.165, 1.54) is 17.7 Å². The predicted octanol–water partition coefficient (Wildman–Crippen LogP) is 3.92. The van der Waals surface area contributed by atoms with Crippen LogP contribution < -0.4 is 5.56 Å². The van der Waals surface area contributed by atoms with Crippen molar-refractivity contribution in [1.82, 2.24) is 35.0 Å². The highest BCUT2D eigenvalue weighted by Crippen LogP contribution is 2.28. The number of nitrogens with one attached hydrogen (secondary N) is 1. The second kappa shape index (κ2) is 10.9. The second-order valence-corrected chi connectivity index (χ2v) is 10.2. The second-order valence-electron chi connectivity index (χ2n) is 10.2. The predicted molar refractivity (Wildman–Crippen MR) is 148 cm³/mol. The van der Waals surface area contributed by atoms with Gasteiger partial charge < -0.3 is 4.98 Å². The molecule has 0 unspecified atom stereocenters. The standard InChI is InChI=1S/C30H30FN7O/c1-21-7-12-27-24(17-21)18-26(30(39)32-27)28(29-33-34-35-38(29)20-23-8-10-25(31)11-9-23)37-15-13-36(14-16-37)19-22-5-3-2-4-6-22/h2-12,17-18,28H,13-16,19-20H2,1H3,(H,32,39)/t28-/m1/s1. The van der Waals surface area contributed by atoms with Gasteiger partial charge in [0, 0.05) is 43.8 Å². The molecule has 3 aromatic carbocycles. The fraction of sp³-hybridized carbons (Fsp3) is 0.267. The average molecular weight is 524 g/mol. The molecule has 198 valence electrons. The van der Waals surface area contributed by atoms with Gasteiger partial charge in [0.25, 0.3) is 5.56 Å². The highest BCUT2D eigenvalue weighted by Gasteiger charge is 2.32. The summed E-state index contributed by atoms with van der Waals surface area (Å²) in [6.45, 7) is 6.52. The Morgan fingerprint density at radius 1 is 0.897 bits per heavy atom. The fourth-order valence-corrected chi connectivity index (χ4v) is 5.35. The summed E-state index contributed by atoms with van der Waals surface area (Å²) < 4.78 is 15.2. The van der Waals surface area contributed by atoms with E-state index < -0.39 is 6.04 Å². The Kier molecular flexibility index (Phi) is 7.00. The first kappa shape index (κ1) is 25.1. The minimum Gasteiger partial charge on any atom is -0.322 e. The monoisotopic (exact) mass is 523 g/mol. The first-order valence-electron chi connectivity index (χ1n) is 13.2. The van der Waals surface area contributed by atoms with Crippen LogP contribution in [0.3, 0.4) is 0 Å². The van der Waals surface area contributed by atoms with E-state index >= 15 is 0 Å². The Morgan fingerprint density at radius 3 is 2.41 bits per heavy atom. The molecule has 0 saturated carbocycles. The molecule has 8 nitrogen and oxygen atoms in total. The van der Waals surface area contributed by atoms with Crippen molar-refractivity contribution in [2.75, 3.05) is 26.2 Å². The number of fused-ring (bicyclic) bond motifs is 1. The number of halogens is 1. The molecule has 39 heavy (non-hydrogen) atoms. The summed E-state index contributed by atoms with van der Waals surface area (Å²) in [5.41, 5.74) is 4.53. The van der Waals surface area contributed by atoms with E-state index in [1.807, 2.05) is 31.2 Å². The first-order chi connectivity index (χ1) is 19.0. The molecular weight excluding hydrogens is 493 g/mol. The number of aromatic nitrogens is 5. The van der Waals surface area contributed by atoms with Gasteiger partial charge in [-0.05, 0) is 64.2 Å². The van der Waals surface area contributed by atoms with Gasteiger partial charge >= 0.3 is 0 Å². The summed E-state index contributed by atoms with van der Waals surface area (Å²) in [4.78, 5) is 21.3. The van der Waals surface area contributed by atoms with Crippen molar-refractivity contribution in [2.24, 2.45) is 0 Å². The third kappa shape index (κ3) is 5.50. The maximum absolute atomic E-state index is 13.5. The molecule has 1 atom stereocenters. The van der Waals surface area contributed by atoms with Gasteiger partial charge in [0.1, 0.15) is 11.9 Å². The van der Waals surface area contributed by atoms with Crippen molar-refractivity contribution in [1.29, 1.82) is 0 Å². The van der Waals surface area contributed by atoms with Crippen molar-refractivity contribution in [3.8, 4) is 0 Å². The third-order valence-corrected chi connectivity index (χ3v) is 7.39. The van der Waals surface area contributed by atoms with Crippen molar-refractivity contribution < 1.29 is 4.39 Å². The topological polar surface area (TPSA) is 82.9 Å². The van der Waals surface area contributed by atoms with E-state index in [4.69, 9.17) is 0 Å². The molecule has 1 aliphatic heterocycles. The molecule has 3 heterocycles. The molecule has 1 saturated heterocycles. The van der Waals surface area contributed by atoms with Gasteiger partial charge in [0.15, 0.2) is 5.82 Å². The molecule has 2 aromatic heterocycles. The number of H-pyrrole nitrogens is 1. The summed E-state index contributed by atoms with van der Waals surface area (Å²) in [6, 6.07) is 24.3. The molecule has 6 rings (SSSR count). The smallest absolute Gasteiger partial charge is 0.253 e. The van der Waals surface area contributed by atoms with Gasteiger partial charge in [-0.3, -0.25) is 14.6 Å². The fourth-order valence-electron chi connectivity index (χ4n) is 5.35. The summed E-state index contributed by atoms with van der Waals surface area (Å²) in [7, 11) is 0. The van der Waals surface area contributed by atoms with Crippen LogP contribution in [0.4, 0.5) is 4.39 Å². The molecule has 0 radical (unpaired) electrons. The summed E-state index contributed by atoms with van der Waals surface area (Å²) in [5, 5.41) is 13.7. The zero-order valence-electron chi connectivity index (χ0n) is 21.8. The van der Waals surface area contributed by atoms with Crippen LogP contribution >= 0.6 is 0 Å². The van der Waals surface area contributed by atoms with E-state index in [0.717, 1.165) is 54.8 Å². The number of nitrogens with zero attached hydrogens (tertiary/aromatic N) is 6. The third-order valence-electron chi connectivity index (χ3n) is 7.39. The lowest BCUT2D eigenvalue weighted by molar-refractivity contribution is 0.0998. The summed E-state index contributed by atoms with van der Waals surface area (Å²) in [5.74, 6) is 0.299. The first-order valence-corrected chi connectivity index (χ1v) is 13.2. The molecule has 9 heteroatoms. The van der Waals surface area contributed by atoms with Crippen LogP contribution in [0.2, 0.25) is 0 Å². The van der Waals surface area contributed by atoms with Crippen LogP contribution in [0.15, 0.2) is 83.7 Å².